The van der Waals surface area contributed by atoms with Crippen molar-refractivity contribution in [3.63, 3.8) is 0 Å². The first-order valence-corrected chi connectivity index (χ1v) is 8.60. The molecule has 3 rings (SSSR count). The summed E-state index contributed by atoms with van der Waals surface area (Å²) in [5, 5.41) is 10.4. The quantitative estimate of drug-likeness (QED) is 0.710. The first kappa shape index (κ1) is 17.7. The van der Waals surface area contributed by atoms with Gasteiger partial charge in [0.1, 0.15) is 5.69 Å². The molecule has 0 spiro atoms. The fourth-order valence-electron chi connectivity index (χ4n) is 2.68. The number of hydrogen-bond donors (Lipinski definition) is 2. The molecule has 2 N–H and O–H groups in total. The highest BCUT2D eigenvalue weighted by atomic mass is 16.2. The van der Waals surface area contributed by atoms with Crippen molar-refractivity contribution in [3.05, 3.63) is 71.8 Å². The molecule has 0 aliphatic heterocycles. The van der Waals surface area contributed by atoms with Gasteiger partial charge in [-0.15, -0.1) is 0 Å². The van der Waals surface area contributed by atoms with Crippen LogP contribution in [-0.2, 0) is 13.6 Å². The topological polar surface area (TPSA) is 71.8 Å². The summed E-state index contributed by atoms with van der Waals surface area (Å²) in [4.78, 5) is 16.7. The molecular weight excluding hydrogens is 326 g/mol. The van der Waals surface area contributed by atoms with Gasteiger partial charge in [0, 0.05) is 31.7 Å². The van der Waals surface area contributed by atoms with E-state index in [9.17, 15) is 4.79 Å². The maximum Gasteiger partial charge on any atom is 0.276 e. The fourth-order valence-corrected chi connectivity index (χ4v) is 2.68. The second-order valence-electron chi connectivity index (χ2n) is 6.47. The van der Waals surface area contributed by atoms with E-state index in [1.807, 2.05) is 36.4 Å². The van der Waals surface area contributed by atoms with E-state index in [1.54, 1.807) is 30.3 Å². The number of carbonyl (C=O) groups excluding carboxylic acids is 1. The van der Waals surface area contributed by atoms with E-state index in [2.05, 4.69) is 34.6 Å². The van der Waals surface area contributed by atoms with Crippen LogP contribution in [0.3, 0.4) is 0 Å². The van der Waals surface area contributed by atoms with E-state index in [0.717, 1.165) is 11.3 Å². The number of hydrogen-bond acceptors (Lipinski definition) is 4. The minimum absolute atomic E-state index is 0.195. The smallest absolute Gasteiger partial charge is 0.276 e. The molecule has 0 fully saturated rings. The lowest BCUT2D eigenvalue weighted by molar-refractivity contribution is 0.101. The number of carbonyl (C=O) groups is 1. The van der Waals surface area contributed by atoms with Gasteiger partial charge in [0.25, 0.3) is 5.91 Å². The van der Waals surface area contributed by atoms with E-state index >= 15 is 0 Å². The molecule has 0 bridgehead atoms. The highest BCUT2D eigenvalue weighted by Crippen LogP contribution is 2.20. The molecule has 134 valence electrons. The van der Waals surface area contributed by atoms with Gasteiger partial charge < -0.3 is 10.6 Å². The molecule has 1 aromatic carbocycles. The predicted molar refractivity (Wildman–Crippen MR) is 103 cm³/mol. The molecule has 26 heavy (non-hydrogen) atoms. The third-order valence-electron chi connectivity index (χ3n) is 4.22. The first-order valence-electron chi connectivity index (χ1n) is 8.60. The van der Waals surface area contributed by atoms with Gasteiger partial charge in [-0.05, 0) is 41.3 Å². The zero-order chi connectivity index (χ0) is 18.5. The molecule has 0 unspecified atom stereocenters. The third-order valence-corrected chi connectivity index (χ3v) is 4.22. The molecule has 6 nitrogen and oxygen atoms in total. The zero-order valence-electron chi connectivity index (χ0n) is 15.2. The van der Waals surface area contributed by atoms with Crippen molar-refractivity contribution < 1.29 is 4.79 Å². The zero-order valence-corrected chi connectivity index (χ0v) is 15.2. The minimum Gasteiger partial charge on any atom is -0.378 e. The van der Waals surface area contributed by atoms with Gasteiger partial charge in [-0.3, -0.25) is 14.5 Å². The summed E-state index contributed by atoms with van der Waals surface area (Å²) in [5.74, 6) is 0.264. The normalized spacial score (nSPS) is 10.8. The van der Waals surface area contributed by atoms with Crippen LogP contribution in [0.25, 0.3) is 0 Å². The van der Waals surface area contributed by atoms with Crippen molar-refractivity contribution in [3.8, 4) is 0 Å². The SMILES string of the molecule is CC(C)c1ccc(NC(=O)c2c(NCc3ccncc3)cnn2C)cc1. The molecule has 0 atom stereocenters. The average Bonchev–Trinajstić information content (AvgIpc) is 3.02. The molecule has 0 saturated carbocycles. The van der Waals surface area contributed by atoms with Crippen molar-refractivity contribution in [2.24, 2.45) is 7.05 Å². The molecule has 2 aromatic heterocycles. The average molecular weight is 349 g/mol. The van der Waals surface area contributed by atoms with Crippen molar-refractivity contribution in [1.82, 2.24) is 14.8 Å². The first-order chi connectivity index (χ1) is 12.5. The van der Waals surface area contributed by atoms with E-state index < -0.39 is 0 Å². The molecule has 0 radical (unpaired) electrons. The van der Waals surface area contributed by atoms with Crippen LogP contribution in [0.2, 0.25) is 0 Å². The Kier molecular flexibility index (Phi) is 5.31. The van der Waals surface area contributed by atoms with Gasteiger partial charge in [-0.25, -0.2) is 0 Å². The Bertz CT molecular complexity index is 869. The van der Waals surface area contributed by atoms with Crippen molar-refractivity contribution in [1.29, 1.82) is 0 Å². The lowest BCUT2D eigenvalue weighted by Gasteiger charge is -2.11. The number of rotatable bonds is 6. The van der Waals surface area contributed by atoms with Gasteiger partial charge in [0.15, 0.2) is 0 Å². The lowest BCUT2D eigenvalue weighted by atomic mass is 10.0. The van der Waals surface area contributed by atoms with Gasteiger partial charge in [-0.2, -0.15) is 5.10 Å². The number of aromatic nitrogens is 3. The predicted octanol–water partition coefficient (Wildman–Crippen LogP) is 3.80. The number of nitrogens with zero attached hydrogens (tertiary/aromatic N) is 3. The van der Waals surface area contributed by atoms with Crippen LogP contribution in [0.15, 0.2) is 55.0 Å². The minimum atomic E-state index is -0.195. The van der Waals surface area contributed by atoms with E-state index in [4.69, 9.17) is 0 Å². The number of amides is 1. The summed E-state index contributed by atoms with van der Waals surface area (Å²) < 4.78 is 1.58. The maximum absolute atomic E-state index is 12.7. The largest absolute Gasteiger partial charge is 0.378 e. The Morgan fingerprint density at radius 1 is 1.12 bits per heavy atom. The van der Waals surface area contributed by atoms with Gasteiger partial charge >= 0.3 is 0 Å². The van der Waals surface area contributed by atoms with Gasteiger partial charge in [-0.1, -0.05) is 26.0 Å². The van der Waals surface area contributed by atoms with Crippen LogP contribution >= 0.6 is 0 Å². The lowest BCUT2D eigenvalue weighted by Crippen LogP contribution is -2.18. The standard InChI is InChI=1S/C20H23N5O/c1-14(2)16-4-6-17(7-5-16)24-20(26)19-18(13-23-25(19)3)22-12-15-8-10-21-11-9-15/h4-11,13-14,22H,12H2,1-3H3,(H,24,26). The third kappa shape index (κ3) is 4.08. The number of benzene rings is 1. The van der Waals surface area contributed by atoms with Crippen LogP contribution in [0.1, 0.15) is 41.4 Å². The summed E-state index contributed by atoms with van der Waals surface area (Å²) in [6.07, 6.45) is 5.15. The summed E-state index contributed by atoms with van der Waals surface area (Å²) >= 11 is 0. The fraction of sp³-hybridized carbons (Fsp3) is 0.250. The Balaban J connectivity index is 1.71. The molecule has 0 saturated heterocycles. The van der Waals surface area contributed by atoms with Crippen molar-refractivity contribution in [2.45, 2.75) is 26.3 Å². The highest BCUT2D eigenvalue weighted by molar-refractivity contribution is 6.06. The second kappa shape index (κ2) is 7.82. The Labute approximate surface area is 153 Å². The molecule has 0 aliphatic carbocycles. The van der Waals surface area contributed by atoms with Crippen LogP contribution < -0.4 is 10.6 Å². The Morgan fingerprint density at radius 2 is 1.81 bits per heavy atom. The van der Waals surface area contributed by atoms with Crippen LogP contribution in [0, 0.1) is 0 Å². The molecule has 2 heterocycles. The van der Waals surface area contributed by atoms with E-state index in [1.165, 1.54) is 5.56 Å². The van der Waals surface area contributed by atoms with Gasteiger partial charge in [0.05, 0.1) is 11.9 Å². The molecule has 3 aromatic rings. The van der Waals surface area contributed by atoms with Crippen LogP contribution in [0.4, 0.5) is 11.4 Å². The summed E-state index contributed by atoms with van der Waals surface area (Å²) in [7, 11) is 1.76. The Hall–Kier alpha value is -3.15. The van der Waals surface area contributed by atoms with Gasteiger partial charge in [0.2, 0.25) is 0 Å². The summed E-state index contributed by atoms with van der Waals surface area (Å²) in [5.41, 5.74) is 4.27. The molecular formula is C20H23N5O. The Morgan fingerprint density at radius 3 is 2.46 bits per heavy atom. The van der Waals surface area contributed by atoms with E-state index in [0.29, 0.717) is 23.8 Å². The molecule has 6 heteroatoms. The second-order valence-corrected chi connectivity index (χ2v) is 6.47. The molecule has 0 aliphatic rings. The van der Waals surface area contributed by atoms with Crippen LogP contribution in [-0.4, -0.2) is 20.7 Å². The van der Waals surface area contributed by atoms with Crippen LogP contribution in [0.5, 0.6) is 0 Å². The number of anilines is 2. The van der Waals surface area contributed by atoms with Crippen molar-refractivity contribution >= 4 is 17.3 Å². The number of pyridine rings is 1. The van der Waals surface area contributed by atoms with Crippen molar-refractivity contribution in [2.75, 3.05) is 10.6 Å². The summed E-state index contributed by atoms with van der Waals surface area (Å²) in [6.45, 7) is 4.88. The summed E-state index contributed by atoms with van der Waals surface area (Å²) in [6, 6.07) is 11.8. The maximum atomic E-state index is 12.7. The highest BCUT2D eigenvalue weighted by Gasteiger charge is 2.17. The van der Waals surface area contributed by atoms with E-state index in [-0.39, 0.29) is 5.91 Å². The number of aryl methyl sites for hydroxylation is 1. The monoisotopic (exact) mass is 349 g/mol. The number of nitrogens with one attached hydrogen (secondary N) is 2. The molecule has 1 amide bonds.